The zero-order valence-electron chi connectivity index (χ0n) is 10.8. The number of aromatic nitrogens is 2. The van der Waals surface area contributed by atoms with Gasteiger partial charge in [-0.15, -0.1) is 0 Å². The average molecular weight is 327 g/mol. The van der Waals surface area contributed by atoms with Crippen LogP contribution in [0.15, 0.2) is 35.4 Å². The van der Waals surface area contributed by atoms with E-state index in [2.05, 4.69) is 10.3 Å². The van der Waals surface area contributed by atoms with Crippen LogP contribution in [0.5, 0.6) is 0 Å². The van der Waals surface area contributed by atoms with Crippen LogP contribution in [-0.2, 0) is 11.3 Å². The Morgan fingerprint density at radius 1 is 1.33 bits per heavy atom. The SMILES string of the molecule is Nc1cc(Cl)ccc1NC(=O)CCn1cc(Cl)cnc1=O. The zero-order chi connectivity index (χ0) is 15.4. The van der Waals surface area contributed by atoms with Gasteiger partial charge >= 0.3 is 5.69 Å². The highest BCUT2D eigenvalue weighted by atomic mass is 35.5. The van der Waals surface area contributed by atoms with Crippen molar-refractivity contribution in [3.05, 3.63) is 51.1 Å². The highest BCUT2D eigenvalue weighted by Crippen LogP contribution is 2.22. The fourth-order valence-electron chi connectivity index (χ4n) is 1.67. The van der Waals surface area contributed by atoms with Gasteiger partial charge in [0.25, 0.3) is 0 Å². The van der Waals surface area contributed by atoms with Crippen molar-refractivity contribution < 1.29 is 4.79 Å². The molecule has 8 heteroatoms. The second-order valence-corrected chi connectivity index (χ2v) is 5.15. The van der Waals surface area contributed by atoms with Crippen LogP contribution in [0.25, 0.3) is 0 Å². The maximum Gasteiger partial charge on any atom is 0.347 e. The van der Waals surface area contributed by atoms with E-state index in [0.29, 0.717) is 21.4 Å². The first-order chi connectivity index (χ1) is 9.95. The third-order valence-electron chi connectivity index (χ3n) is 2.69. The van der Waals surface area contributed by atoms with Gasteiger partial charge in [-0.3, -0.25) is 9.36 Å². The molecule has 1 heterocycles. The lowest BCUT2D eigenvalue weighted by molar-refractivity contribution is -0.116. The second-order valence-electron chi connectivity index (χ2n) is 4.28. The minimum Gasteiger partial charge on any atom is -0.397 e. The van der Waals surface area contributed by atoms with E-state index in [1.165, 1.54) is 17.0 Å². The largest absolute Gasteiger partial charge is 0.397 e. The summed E-state index contributed by atoms with van der Waals surface area (Å²) in [5.74, 6) is -0.282. The monoisotopic (exact) mass is 326 g/mol. The molecular formula is C13H12Cl2N4O2. The Morgan fingerprint density at radius 3 is 2.81 bits per heavy atom. The van der Waals surface area contributed by atoms with Crippen LogP contribution >= 0.6 is 23.2 Å². The van der Waals surface area contributed by atoms with E-state index in [9.17, 15) is 9.59 Å². The molecule has 1 aromatic heterocycles. The molecule has 110 valence electrons. The fraction of sp³-hybridized carbons (Fsp3) is 0.154. The Labute approximate surface area is 130 Å². The van der Waals surface area contributed by atoms with Crippen LogP contribution in [0.2, 0.25) is 10.0 Å². The second kappa shape index (κ2) is 6.60. The number of hydrogen-bond acceptors (Lipinski definition) is 4. The van der Waals surface area contributed by atoms with Gasteiger partial charge in [-0.1, -0.05) is 23.2 Å². The predicted molar refractivity (Wildman–Crippen MR) is 82.6 cm³/mol. The van der Waals surface area contributed by atoms with Gasteiger partial charge in [0.2, 0.25) is 5.91 Å². The number of aryl methyl sites for hydroxylation is 1. The molecule has 0 aliphatic carbocycles. The van der Waals surface area contributed by atoms with Gasteiger partial charge in [-0.2, -0.15) is 0 Å². The first-order valence-corrected chi connectivity index (χ1v) is 6.78. The predicted octanol–water partition coefficient (Wildman–Crippen LogP) is 2.16. The summed E-state index contributed by atoms with van der Waals surface area (Å²) in [6.07, 6.45) is 2.78. The number of rotatable bonds is 4. The van der Waals surface area contributed by atoms with Crippen molar-refractivity contribution in [1.29, 1.82) is 0 Å². The molecule has 0 aliphatic rings. The normalized spacial score (nSPS) is 10.4. The van der Waals surface area contributed by atoms with Crippen molar-refractivity contribution in [3.8, 4) is 0 Å². The van der Waals surface area contributed by atoms with Crippen LogP contribution in [0.3, 0.4) is 0 Å². The Morgan fingerprint density at radius 2 is 2.10 bits per heavy atom. The molecule has 0 radical (unpaired) electrons. The van der Waals surface area contributed by atoms with E-state index in [-0.39, 0.29) is 18.9 Å². The lowest BCUT2D eigenvalue weighted by atomic mass is 10.2. The molecule has 6 nitrogen and oxygen atoms in total. The molecule has 0 saturated carbocycles. The number of nitrogens with two attached hydrogens (primary N) is 1. The summed E-state index contributed by atoms with van der Waals surface area (Å²) in [4.78, 5) is 26.9. The average Bonchev–Trinajstić information content (AvgIpc) is 2.43. The van der Waals surface area contributed by atoms with E-state index in [4.69, 9.17) is 28.9 Å². The maximum absolute atomic E-state index is 11.9. The number of amides is 1. The quantitative estimate of drug-likeness (QED) is 0.842. The van der Waals surface area contributed by atoms with Crippen LogP contribution in [-0.4, -0.2) is 15.5 Å². The molecule has 0 unspecified atom stereocenters. The summed E-state index contributed by atoms with van der Waals surface area (Å²) in [6, 6.07) is 4.78. The Bertz CT molecular complexity index is 730. The number of nitrogen functional groups attached to an aromatic ring is 1. The molecule has 0 aliphatic heterocycles. The van der Waals surface area contributed by atoms with Crippen molar-refractivity contribution in [2.75, 3.05) is 11.1 Å². The summed E-state index contributed by atoms with van der Waals surface area (Å²) in [5.41, 5.74) is 6.12. The highest BCUT2D eigenvalue weighted by molar-refractivity contribution is 6.31. The van der Waals surface area contributed by atoms with E-state index < -0.39 is 5.69 Å². The van der Waals surface area contributed by atoms with E-state index in [1.807, 2.05) is 0 Å². The highest BCUT2D eigenvalue weighted by Gasteiger charge is 2.07. The lowest BCUT2D eigenvalue weighted by Gasteiger charge is -2.09. The molecule has 0 bridgehead atoms. The number of carbonyl (C=O) groups excluding carboxylic acids is 1. The molecule has 2 rings (SSSR count). The van der Waals surface area contributed by atoms with Gasteiger partial charge < -0.3 is 11.1 Å². The van der Waals surface area contributed by atoms with Crippen molar-refractivity contribution in [2.24, 2.45) is 0 Å². The summed E-state index contributed by atoms with van der Waals surface area (Å²) >= 11 is 11.5. The van der Waals surface area contributed by atoms with E-state index >= 15 is 0 Å². The number of carbonyl (C=O) groups is 1. The summed E-state index contributed by atoms with van der Waals surface area (Å²) in [6.45, 7) is 0.172. The molecule has 1 aromatic carbocycles. The molecule has 0 saturated heterocycles. The molecule has 3 N–H and O–H groups in total. The molecule has 21 heavy (non-hydrogen) atoms. The number of hydrogen-bond donors (Lipinski definition) is 2. The van der Waals surface area contributed by atoms with Crippen LogP contribution < -0.4 is 16.7 Å². The van der Waals surface area contributed by atoms with Crippen LogP contribution in [0.1, 0.15) is 6.42 Å². The third kappa shape index (κ3) is 4.21. The number of halogens is 2. The molecule has 2 aromatic rings. The van der Waals surface area contributed by atoms with Crippen molar-refractivity contribution in [2.45, 2.75) is 13.0 Å². The Kier molecular flexibility index (Phi) is 4.82. The number of nitrogens with one attached hydrogen (secondary N) is 1. The number of anilines is 2. The topological polar surface area (TPSA) is 90.0 Å². The van der Waals surface area contributed by atoms with Gasteiger partial charge in [0, 0.05) is 24.2 Å². The van der Waals surface area contributed by atoms with Crippen molar-refractivity contribution in [3.63, 3.8) is 0 Å². The first-order valence-electron chi connectivity index (χ1n) is 6.02. The molecule has 0 spiro atoms. The summed E-state index contributed by atoms with van der Waals surface area (Å²) in [7, 11) is 0. The van der Waals surface area contributed by atoms with Gasteiger partial charge in [0.15, 0.2) is 0 Å². The van der Waals surface area contributed by atoms with Gasteiger partial charge in [-0.25, -0.2) is 9.78 Å². The van der Waals surface area contributed by atoms with E-state index in [1.54, 1.807) is 18.2 Å². The maximum atomic E-state index is 11.9. The lowest BCUT2D eigenvalue weighted by Crippen LogP contribution is -2.24. The van der Waals surface area contributed by atoms with Crippen molar-refractivity contribution in [1.82, 2.24) is 9.55 Å². The Hall–Kier alpha value is -2.05. The molecule has 0 fully saturated rings. The van der Waals surface area contributed by atoms with Crippen LogP contribution in [0.4, 0.5) is 11.4 Å². The van der Waals surface area contributed by atoms with Gasteiger partial charge in [0.1, 0.15) is 0 Å². The minimum atomic E-state index is -0.460. The van der Waals surface area contributed by atoms with Gasteiger partial charge in [-0.05, 0) is 18.2 Å². The standard InChI is InChI=1S/C13H12Cl2N4O2/c14-8-1-2-11(10(16)5-8)18-12(20)3-4-19-7-9(15)6-17-13(19)21/h1-2,5-7H,3-4,16H2,(H,18,20). The molecule has 1 amide bonds. The summed E-state index contributed by atoms with van der Waals surface area (Å²) in [5, 5.41) is 3.47. The first kappa shape index (κ1) is 15.3. The smallest absolute Gasteiger partial charge is 0.347 e. The zero-order valence-corrected chi connectivity index (χ0v) is 12.4. The Balaban J connectivity index is 1.99. The molecular weight excluding hydrogens is 315 g/mol. The third-order valence-corrected chi connectivity index (χ3v) is 3.12. The number of nitrogens with zero attached hydrogens (tertiary/aromatic N) is 2. The van der Waals surface area contributed by atoms with Gasteiger partial charge in [0.05, 0.1) is 22.6 Å². The van der Waals surface area contributed by atoms with E-state index in [0.717, 1.165) is 0 Å². The van der Waals surface area contributed by atoms with Crippen molar-refractivity contribution >= 4 is 40.5 Å². The van der Waals surface area contributed by atoms with Crippen LogP contribution in [0, 0.1) is 0 Å². The summed E-state index contributed by atoms with van der Waals surface area (Å²) < 4.78 is 1.27. The minimum absolute atomic E-state index is 0.0873. The number of benzene rings is 1. The molecule has 0 atom stereocenters. The fourth-order valence-corrected chi connectivity index (χ4v) is 2.02.